The van der Waals surface area contributed by atoms with E-state index in [0.717, 1.165) is 22.0 Å². The fraction of sp³-hybridized carbons (Fsp3) is 0. The minimum atomic E-state index is -0.579. The molecule has 2 heterocycles. The van der Waals surface area contributed by atoms with Gasteiger partial charge in [0, 0.05) is 16.5 Å². The number of pyridine rings is 1. The van der Waals surface area contributed by atoms with Crippen LogP contribution in [0.1, 0.15) is 0 Å². The molecule has 1 N–H and O–H groups in total. The maximum absolute atomic E-state index is 13.9. The van der Waals surface area contributed by atoms with Gasteiger partial charge in [0.1, 0.15) is 12.1 Å². The van der Waals surface area contributed by atoms with Crippen LogP contribution >= 0.6 is 11.8 Å². The third-order valence-electron chi connectivity index (χ3n) is 3.90. The van der Waals surface area contributed by atoms with Crippen molar-refractivity contribution in [1.29, 1.82) is 0 Å². The summed E-state index contributed by atoms with van der Waals surface area (Å²) in [4.78, 5) is 24.2. The molecule has 0 atom stereocenters. The van der Waals surface area contributed by atoms with Crippen molar-refractivity contribution in [2.24, 2.45) is 0 Å². The highest BCUT2D eigenvalue weighted by atomic mass is 32.2. The molecule has 7 nitrogen and oxygen atoms in total. The third kappa shape index (κ3) is 3.47. The number of hydrogen-bond donors (Lipinski definition) is 1. The Bertz CT molecular complexity index is 1180. The Balaban J connectivity index is 1.77. The number of benzene rings is 2. The Morgan fingerprint density at radius 1 is 1.00 bits per heavy atom. The van der Waals surface area contributed by atoms with Crippen molar-refractivity contribution < 1.29 is 9.31 Å². The Labute approximate surface area is 162 Å². The lowest BCUT2D eigenvalue weighted by Crippen LogP contribution is -2.03. The van der Waals surface area contributed by atoms with Gasteiger partial charge in [-0.1, -0.05) is 42.1 Å². The van der Waals surface area contributed by atoms with Crippen LogP contribution in [0, 0.1) is 15.9 Å². The molecule has 0 saturated carbocycles. The average Bonchev–Trinajstić information content (AvgIpc) is 2.70. The number of para-hydroxylation sites is 2. The Kier molecular flexibility index (Phi) is 4.81. The first kappa shape index (κ1) is 17.8. The fourth-order valence-electron chi connectivity index (χ4n) is 2.65. The minimum absolute atomic E-state index is 0.0826. The first-order valence-corrected chi connectivity index (χ1v) is 8.97. The van der Waals surface area contributed by atoms with Gasteiger partial charge in [0.25, 0.3) is 0 Å². The largest absolute Gasteiger partial charge is 0.343 e. The van der Waals surface area contributed by atoms with Crippen molar-refractivity contribution in [2.45, 2.75) is 9.92 Å². The van der Waals surface area contributed by atoms with Gasteiger partial charge >= 0.3 is 5.69 Å². The number of fused-ring (bicyclic) bond motifs is 1. The number of hydrogen-bond acceptors (Lipinski definition) is 7. The molecule has 0 bridgehead atoms. The van der Waals surface area contributed by atoms with Gasteiger partial charge in [0.2, 0.25) is 5.82 Å². The predicted molar refractivity (Wildman–Crippen MR) is 104 cm³/mol. The monoisotopic (exact) mass is 393 g/mol. The van der Waals surface area contributed by atoms with Gasteiger partial charge in [-0.3, -0.25) is 15.1 Å². The molecule has 4 rings (SSSR count). The molecule has 0 unspecified atom stereocenters. The predicted octanol–water partition coefficient (Wildman–Crippen LogP) is 4.97. The Morgan fingerprint density at radius 2 is 1.82 bits per heavy atom. The summed E-state index contributed by atoms with van der Waals surface area (Å²) in [5.41, 5.74) is 0.474. The van der Waals surface area contributed by atoms with E-state index in [1.165, 1.54) is 24.5 Å². The van der Waals surface area contributed by atoms with Crippen LogP contribution in [-0.2, 0) is 0 Å². The molecule has 0 aliphatic carbocycles. The van der Waals surface area contributed by atoms with Gasteiger partial charge in [-0.15, -0.1) is 0 Å². The Morgan fingerprint density at radius 3 is 2.64 bits per heavy atom. The summed E-state index contributed by atoms with van der Waals surface area (Å²) in [6, 6.07) is 15.2. The molecule has 0 spiro atoms. The van der Waals surface area contributed by atoms with Crippen molar-refractivity contribution in [1.82, 2.24) is 15.0 Å². The van der Waals surface area contributed by atoms with Gasteiger partial charge < -0.3 is 5.32 Å². The summed E-state index contributed by atoms with van der Waals surface area (Å²) in [5.74, 6) is -0.622. The highest BCUT2D eigenvalue weighted by Crippen LogP contribution is 2.39. The first-order valence-electron chi connectivity index (χ1n) is 8.16. The van der Waals surface area contributed by atoms with Gasteiger partial charge in [-0.05, 0) is 24.3 Å². The summed E-state index contributed by atoms with van der Waals surface area (Å²) < 4.78 is 13.9. The second-order valence-corrected chi connectivity index (χ2v) is 6.70. The van der Waals surface area contributed by atoms with E-state index in [0.29, 0.717) is 5.52 Å². The number of nitrogens with zero attached hydrogens (tertiary/aromatic N) is 4. The molecule has 0 aliphatic rings. The number of nitro groups is 1. The molecule has 2 aromatic carbocycles. The van der Waals surface area contributed by atoms with E-state index in [2.05, 4.69) is 20.3 Å². The van der Waals surface area contributed by atoms with Crippen LogP contribution in [0.5, 0.6) is 0 Å². The van der Waals surface area contributed by atoms with Crippen molar-refractivity contribution in [2.75, 3.05) is 5.32 Å². The average molecular weight is 393 g/mol. The lowest BCUT2D eigenvalue weighted by Gasteiger charge is -2.09. The quantitative estimate of drug-likeness (QED) is 0.291. The molecule has 9 heteroatoms. The van der Waals surface area contributed by atoms with Crippen LogP contribution in [0.15, 0.2) is 77.0 Å². The van der Waals surface area contributed by atoms with E-state index in [9.17, 15) is 14.5 Å². The van der Waals surface area contributed by atoms with Crippen LogP contribution in [0.3, 0.4) is 0 Å². The number of anilines is 2. The molecule has 0 fully saturated rings. The number of nitrogens with one attached hydrogen (secondary N) is 1. The molecular weight excluding hydrogens is 381 g/mol. The third-order valence-corrected chi connectivity index (χ3v) is 4.94. The van der Waals surface area contributed by atoms with Gasteiger partial charge in [-0.2, -0.15) is 0 Å². The van der Waals surface area contributed by atoms with Gasteiger partial charge in [-0.25, -0.2) is 14.4 Å². The van der Waals surface area contributed by atoms with E-state index in [4.69, 9.17) is 0 Å². The molecule has 2 aromatic heterocycles. The lowest BCUT2D eigenvalue weighted by molar-refractivity contribution is -0.387. The number of aromatic nitrogens is 3. The number of halogens is 1. The maximum atomic E-state index is 13.9. The van der Waals surface area contributed by atoms with Crippen LogP contribution in [0.25, 0.3) is 10.9 Å². The molecule has 0 aliphatic heterocycles. The molecule has 138 valence electrons. The standard InChI is InChI=1S/C19H12FN5O2S/c20-13-7-1-2-8-14(13)24-18-17(25(26)27)19(23-11-22-18)28-15-9-3-5-12-6-4-10-21-16(12)15/h1-11H,(H,22,23,24). The number of rotatable bonds is 5. The second kappa shape index (κ2) is 7.57. The highest BCUT2D eigenvalue weighted by molar-refractivity contribution is 7.99. The molecule has 0 radical (unpaired) electrons. The molecule has 0 saturated heterocycles. The highest BCUT2D eigenvalue weighted by Gasteiger charge is 2.25. The smallest absolute Gasteiger partial charge is 0.332 e. The summed E-state index contributed by atoms with van der Waals surface area (Å²) in [7, 11) is 0. The van der Waals surface area contributed by atoms with Gasteiger partial charge in [0.15, 0.2) is 5.03 Å². The van der Waals surface area contributed by atoms with E-state index in [-0.39, 0.29) is 22.2 Å². The lowest BCUT2D eigenvalue weighted by atomic mass is 10.2. The SMILES string of the molecule is O=[N+]([O-])c1c(Nc2ccccc2F)ncnc1Sc1cccc2cccnc12. The van der Waals surface area contributed by atoms with Crippen molar-refractivity contribution in [3.63, 3.8) is 0 Å². The van der Waals surface area contributed by atoms with Crippen LogP contribution in [0.2, 0.25) is 0 Å². The normalized spacial score (nSPS) is 10.8. The van der Waals surface area contributed by atoms with Crippen LogP contribution in [0.4, 0.5) is 21.6 Å². The first-order chi connectivity index (χ1) is 13.6. The van der Waals surface area contributed by atoms with E-state index in [1.807, 2.05) is 30.3 Å². The van der Waals surface area contributed by atoms with Crippen molar-refractivity contribution >= 4 is 39.9 Å². The summed E-state index contributed by atoms with van der Waals surface area (Å²) in [5, 5.41) is 15.5. The van der Waals surface area contributed by atoms with Crippen LogP contribution < -0.4 is 5.32 Å². The molecule has 0 amide bonds. The maximum Gasteiger partial charge on any atom is 0.343 e. The molecular formula is C19H12FN5O2S. The van der Waals surface area contributed by atoms with E-state index >= 15 is 0 Å². The summed E-state index contributed by atoms with van der Waals surface area (Å²) in [6.45, 7) is 0. The topological polar surface area (TPSA) is 93.8 Å². The van der Waals surface area contributed by atoms with E-state index < -0.39 is 10.7 Å². The zero-order valence-corrected chi connectivity index (χ0v) is 15.1. The van der Waals surface area contributed by atoms with Gasteiger partial charge in [0.05, 0.1) is 16.1 Å². The minimum Gasteiger partial charge on any atom is -0.332 e. The summed E-state index contributed by atoms with van der Waals surface area (Å²) >= 11 is 1.11. The zero-order chi connectivity index (χ0) is 19.5. The van der Waals surface area contributed by atoms with E-state index in [1.54, 1.807) is 12.3 Å². The van der Waals surface area contributed by atoms with Crippen molar-refractivity contribution in [3.8, 4) is 0 Å². The van der Waals surface area contributed by atoms with Crippen molar-refractivity contribution in [3.05, 3.63) is 83.1 Å². The molecule has 4 aromatic rings. The van der Waals surface area contributed by atoms with Crippen LogP contribution in [-0.4, -0.2) is 19.9 Å². The Hall–Kier alpha value is -3.59. The summed E-state index contributed by atoms with van der Waals surface area (Å²) in [6.07, 6.45) is 2.86. The second-order valence-electron chi connectivity index (χ2n) is 5.67. The zero-order valence-electron chi connectivity index (χ0n) is 14.2. The fourth-order valence-corrected chi connectivity index (χ4v) is 3.64. The molecule has 28 heavy (non-hydrogen) atoms.